The minimum Gasteiger partial charge on any atom is -0.493 e. The summed E-state index contributed by atoms with van der Waals surface area (Å²) in [4.78, 5) is 15.6. The van der Waals surface area contributed by atoms with Crippen LogP contribution in [0, 0.1) is 0 Å². The number of fused-ring (bicyclic) bond motifs is 1. The summed E-state index contributed by atoms with van der Waals surface area (Å²) >= 11 is 0. The van der Waals surface area contributed by atoms with Crippen molar-refractivity contribution in [3.63, 3.8) is 0 Å². The lowest BCUT2D eigenvalue weighted by atomic mass is 10.1. The minimum absolute atomic E-state index is 0.374. The van der Waals surface area contributed by atoms with Crippen LogP contribution < -0.4 is 19.9 Å². The second-order valence-electron chi connectivity index (χ2n) is 4.85. The molecule has 2 heterocycles. The van der Waals surface area contributed by atoms with Crippen molar-refractivity contribution in [3.05, 3.63) is 29.8 Å². The van der Waals surface area contributed by atoms with E-state index in [-0.39, 0.29) is 0 Å². The van der Waals surface area contributed by atoms with Crippen molar-refractivity contribution < 1.29 is 14.2 Å². The monoisotopic (exact) mass is 315 g/mol. The number of imidazole rings is 1. The molecule has 0 fully saturated rings. The highest BCUT2D eigenvalue weighted by Crippen LogP contribution is 2.38. The van der Waals surface area contributed by atoms with E-state index in [1.54, 1.807) is 21.3 Å². The van der Waals surface area contributed by atoms with Gasteiger partial charge in [-0.15, -0.1) is 0 Å². The molecular formula is C15H17N5O3. The van der Waals surface area contributed by atoms with Crippen LogP contribution in [-0.4, -0.2) is 41.3 Å². The lowest BCUT2D eigenvalue weighted by molar-refractivity contribution is 0.324. The van der Waals surface area contributed by atoms with E-state index in [1.807, 2.05) is 12.1 Å². The number of benzene rings is 1. The van der Waals surface area contributed by atoms with Crippen LogP contribution in [0.5, 0.6) is 17.2 Å². The molecule has 0 aliphatic carbocycles. The van der Waals surface area contributed by atoms with Crippen molar-refractivity contribution in [2.45, 2.75) is 6.42 Å². The molecule has 0 bridgehead atoms. The number of aromatic amines is 1. The van der Waals surface area contributed by atoms with Crippen LogP contribution in [0.3, 0.4) is 0 Å². The number of aromatic nitrogens is 4. The summed E-state index contributed by atoms with van der Waals surface area (Å²) in [5.41, 5.74) is 7.94. The second-order valence-corrected chi connectivity index (χ2v) is 4.85. The molecule has 0 saturated heterocycles. The maximum Gasteiger partial charge on any atom is 0.203 e. The molecule has 120 valence electrons. The number of H-pyrrole nitrogens is 1. The largest absolute Gasteiger partial charge is 0.493 e. The molecule has 8 nitrogen and oxygen atoms in total. The molecule has 3 N–H and O–H groups in total. The lowest BCUT2D eigenvalue weighted by Crippen LogP contribution is -1.98. The zero-order valence-corrected chi connectivity index (χ0v) is 13.1. The third-order valence-electron chi connectivity index (χ3n) is 3.46. The van der Waals surface area contributed by atoms with E-state index in [4.69, 9.17) is 19.9 Å². The number of nitrogens with two attached hydrogens (primary N) is 1. The fourth-order valence-electron chi connectivity index (χ4n) is 2.41. The van der Waals surface area contributed by atoms with Crippen LogP contribution in [0.1, 0.15) is 11.4 Å². The molecule has 0 amide bonds. The first kappa shape index (κ1) is 14.9. The van der Waals surface area contributed by atoms with Gasteiger partial charge in [0, 0.05) is 6.42 Å². The van der Waals surface area contributed by atoms with Gasteiger partial charge in [0.2, 0.25) is 5.75 Å². The summed E-state index contributed by atoms with van der Waals surface area (Å²) in [7, 11) is 4.73. The van der Waals surface area contributed by atoms with Gasteiger partial charge in [-0.3, -0.25) is 0 Å². The Morgan fingerprint density at radius 1 is 1.04 bits per heavy atom. The molecule has 0 spiro atoms. The highest BCUT2D eigenvalue weighted by atomic mass is 16.5. The fraction of sp³-hybridized carbons (Fsp3) is 0.267. The average Bonchev–Trinajstić information content (AvgIpc) is 2.97. The van der Waals surface area contributed by atoms with Crippen molar-refractivity contribution in [2.24, 2.45) is 0 Å². The highest BCUT2D eigenvalue weighted by Gasteiger charge is 2.15. The number of rotatable bonds is 5. The molecule has 0 aliphatic rings. The summed E-state index contributed by atoms with van der Waals surface area (Å²) < 4.78 is 16.0. The maximum atomic E-state index is 5.81. The van der Waals surface area contributed by atoms with Crippen LogP contribution in [0.2, 0.25) is 0 Å². The van der Waals surface area contributed by atoms with Crippen LogP contribution in [-0.2, 0) is 6.42 Å². The first-order valence-electron chi connectivity index (χ1n) is 6.90. The van der Waals surface area contributed by atoms with E-state index in [2.05, 4.69) is 19.9 Å². The summed E-state index contributed by atoms with van der Waals surface area (Å²) in [6.45, 7) is 0. The predicted octanol–water partition coefficient (Wildman–Crippen LogP) is 1.55. The van der Waals surface area contributed by atoms with E-state index in [0.717, 1.165) is 11.4 Å². The van der Waals surface area contributed by atoms with E-state index in [1.165, 1.54) is 6.33 Å². The molecule has 0 aliphatic heterocycles. The Labute approximate surface area is 132 Å². The normalized spacial score (nSPS) is 10.7. The molecule has 3 aromatic rings. The smallest absolute Gasteiger partial charge is 0.203 e. The maximum absolute atomic E-state index is 5.81. The van der Waals surface area contributed by atoms with Gasteiger partial charge in [0.25, 0.3) is 0 Å². The van der Waals surface area contributed by atoms with E-state index in [0.29, 0.717) is 40.7 Å². The number of ether oxygens (including phenoxy) is 3. The van der Waals surface area contributed by atoms with Gasteiger partial charge in [0.15, 0.2) is 23.0 Å². The van der Waals surface area contributed by atoms with Gasteiger partial charge in [-0.2, -0.15) is 0 Å². The van der Waals surface area contributed by atoms with Crippen molar-refractivity contribution in [3.8, 4) is 17.2 Å². The molecular weight excluding hydrogens is 298 g/mol. The number of nitrogen functional groups attached to an aromatic ring is 1. The van der Waals surface area contributed by atoms with Crippen LogP contribution in [0.15, 0.2) is 18.5 Å². The van der Waals surface area contributed by atoms with Gasteiger partial charge < -0.3 is 24.9 Å². The van der Waals surface area contributed by atoms with E-state index < -0.39 is 0 Å². The van der Waals surface area contributed by atoms with Gasteiger partial charge in [-0.1, -0.05) is 0 Å². The Hall–Kier alpha value is -3.03. The van der Waals surface area contributed by atoms with Crippen LogP contribution >= 0.6 is 0 Å². The Morgan fingerprint density at radius 2 is 1.74 bits per heavy atom. The molecule has 23 heavy (non-hydrogen) atoms. The van der Waals surface area contributed by atoms with Crippen LogP contribution in [0.4, 0.5) is 5.82 Å². The molecule has 0 radical (unpaired) electrons. The van der Waals surface area contributed by atoms with Crippen molar-refractivity contribution in [1.29, 1.82) is 0 Å². The summed E-state index contributed by atoms with van der Waals surface area (Å²) in [6, 6.07) is 3.76. The summed E-state index contributed by atoms with van der Waals surface area (Å²) in [6.07, 6.45) is 1.92. The Balaban J connectivity index is 1.99. The van der Waals surface area contributed by atoms with Gasteiger partial charge in [0.1, 0.15) is 17.7 Å². The third kappa shape index (κ3) is 2.70. The van der Waals surface area contributed by atoms with E-state index in [9.17, 15) is 0 Å². The fourth-order valence-corrected chi connectivity index (χ4v) is 2.41. The first-order valence-corrected chi connectivity index (χ1v) is 6.90. The zero-order valence-electron chi connectivity index (χ0n) is 13.1. The average molecular weight is 315 g/mol. The number of methoxy groups -OCH3 is 3. The van der Waals surface area contributed by atoms with Crippen molar-refractivity contribution in [1.82, 2.24) is 19.9 Å². The molecule has 0 atom stereocenters. The molecule has 0 unspecified atom stereocenters. The Bertz CT molecular complexity index is 821. The molecule has 2 aromatic heterocycles. The minimum atomic E-state index is 0.374. The number of anilines is 1. The van der Waals surface area contributed by atoms with Gasteiger partial charge in [-0.05, 0) is 17.7 Å². The van der Waals surface area contributed by atoms with Gasteiger partial charge >= 0.3 is 0 Å². The molecule has 0 saturated carbocycles. The number of nitrogens with zero attached hydrogens (tertiary/aromatic N) is 3. The Kier molecular flexibility index (Phi) is 3.88. The first-order chi connectivity index (χ1) is 11.2. The zero-order chi connectivity index (χ0) is 16.4. The SMILES string of the molecule is COc1cc(Cc2nc3ncnc(N)c3[nH]2)cc(OC)c1OC. The highest BCUT2D eigenvalue weighted by molar-refractivity contribution is 5.81. The summed E-state index contributed by atoms with van der Waals surface area (Å²) in [5.74, 6) is 2.84. The Morgan fingerprint density at radius 3 is 2.30 bits per heavy atom. The number of nitrogens with one attached hydrogen (secondary N) is 1. The van der Waals surface area contributed by atoms with Crippen molar-refractivity contribution >= 4 is 17.0 Å². The van der Waals surface area contributed by atoms with Gasteiger partial charge in [-0.25, -0.2) is 15.0 Å². The predicted molar refractivity (Wildman–Crippen MR) is 85.0 cm³/mol. The molecule has 3 rings (SSSR count). The second kappa shape index (κ2) is 5.99. The number of hydrogen-bond donors (Lipinski definition) is 2. The van der Waals surface area contributed by atoms with Gasteiger partial charge in [0.05, 0.1) is 21.3 Å². The number of hydrogen-bond acceptors (Lipinski definition) is 7. The lowest BCUT2D eigenvalue weighted by Gasteiger charge is -2.13. The summed E-state index contributed by atoms with van der Waals surface area (Å²) in [5, 5.41) is 0. The topological polar surface area (TPSA) is 108 Å². The molecule has 1 aromatic carbocycles. The quantitative estimate of drug-likeness (QED) is 0.735. The van der Waals surface area contributed by atoms with Crippen LogP contribution in [0.25, 0.3) is 11.2 Å². The molecule has 8 heteroatoms. The van der Waals surface area contributed by atoms with E-state index >= 15 is 0 Å². The van der Waals surface area contributed by atoms with Crippen molar-refractivity contribution in [2.75, 3.05) is 27.1 Å². The standard InChI is InChI=1S/C15H17N5O3/c1-21-9-4-8(5-10(22-2)13(9)23-3)6-11-19-12-14(16)17-7-18-15(12)20-11/h4-5,7H,6H2,1-3H3,(H3,16,17,18,19,20). The third-order valence-corrected chi connectivity index (χ3v) is 3.46.